The molecule has 1 atom stereocenters. The van der Waals surface area contributed by atoms with Crippen LogP contribution in [0.25, 0.3) is 0 Å². The average molecular weight is 275 g/mol. The van der Waals surface area contributed by atoms with Crippen molar-refractivity contribution in [1.29, 1.82) is 5.26 Å². The third-order valence-corrected chi connectivity index (χ3v) is 3.24. The van der Waals surface area contributed by atoms with E-state index < -0.39 is 5.60 Å². The van der Waals surface area contributed by atoms with Crippen LogP contribution in [0, 0.1) is 17.2 Å². The molecule has 0 bridgehead atoms. The molecule has 1 aliphatic rings. The summed E-state index contributed by atoms with van der Waals surface area (Å²) in [4.78, 5) is 14.0. The summed E-state index contributed by atoms with van der Waals surface area (Å²) in [5, 5.41) is 8.93. The molecule has 2 heterocycles. The van der Waals surface area contributed by atoms with Gasteiger partial charge in [-0.15, -0.1) is 0 Å². The van der Waals surface area contributed by atoms with Gasteiger partial charge in [-0.25, -0.2) is 4.79 Å². The normalized spacial score (nSPS) is 18.9. The number of ether oxygens (including phenoxy) is 1. The number of hydrogen-bond acceptors (Lipinski definition) is 3. The van der Waals surface area contributed by atoms with E-state index in [1.54, 1.807) is 4.90 Å². The summed E-state index contributed by atoms with van der Waals surface area (Å²) in [6.45, 7) is 7.44. The molecule has 1 aliphatic heterocycles. The molecule has 0 saturated carbocycles. The van der Waals surface area contributed by atoms with E-state index in [4.69, 9.17) is 10.00 Å². The van der Waals surface area contributed by atoms with Gasteiger partial charge in [-0.05, 0) is 32.9 Å². The lowest BCUT2D eigenvalue weighted by Gasteiger charge is -2.27. The molecule has 0 saturated heterocycles. The first kappa shape index (κ1) is 14.4. The van der Waals surface area contributed by atoms with E-state index in [-0.39, 0.29) is 12.0 Å². The molecule has 5 heteroatoms. The minimum Gasteiger partial charge on any atom is -0.444 e. The molecule has 5 nitrogen and oxygen atoms in total. The zero-order valence-corrected chi connectivity index (χ0v) is 12.3. The molecular weight excluding hydrogens is 254 g/mol. The van der Waals surface area contributed by atoms with E-state index in [0.717, 1.165) is 12.2 Å². The van der Waals surface area contributed by atoms with Crippen molar-refractivity contribution in [3.05, 3.63) is 24.0 Å². The number of carbonyl (C=O) groups excluding carboxylic acids is 1. The second-order valence-corrected chi connectivity index (χ2v) is 6.24. The lowest BCUT2D eigenvalue weighted by atomic mass is 10.1. The summed E-state index contributed by atoms with van der Waals surface area (Å²) in [6.07, 6.45) is 2.13. The van der Waals surface area contributed by atoms with Crippen LogP contribution in [-0.2, 0) is 17.8 Å². The highest BCUT2D eigenvalue weighted by atomic mass is 16.6. The highest BCUT2D eigenvalue weighted by Gasteiger charge is 2.28. The van der Waals surface area contributed by atoms with E-state index >= 15 is 0 Å². The molecule has 0 aliphatic carbocycles. The highest BCUT2D eigenvalue weighted by Crippen LogP contribution is 2.21. The van der Waals surface area contributed by atoms with Gasteiger partial charge in [0.1, 0.15) is 5.60 Å². The van der Waals surface area contributed by atoms with Gasteiger partial charge in [-0.3, -0.25) is 0 Å². The zero-order valence-electron chi connectivity index (χ0n) is 12.3. The maximum absolute atomic E-state index is 12.3. The summed E-state index contributed by atoms with van der Waals surface area (Å²) in [5.74, 6) is 0.140. The maximum atomic E-state index is 12.3. The van der Waals surface area contributed by atoms with Crippen LogP contribution in [0.1, 0.15) is 32.9 Å². The number of nitriles is 1. The minimum atomic E-state index is -0.504. The first-order chi connectivity index (χ1) is 9.39. The number of rotatable bonds is 1. The van der Waals surface area contributed by atoms with Gasteiger partial charge >= 0.3 is 6.09 Å². The van der Waals surface area contributed by atoms with E-state index in [2.05, 4.69) is 10.6 Å². The molecule has 1 unspecified atom stereocenters. The molecule has 0 N–H and O–H groups in total. The van der Waals surface area contributed by atoms with Crippen molar-refractivity contribution in [2.24, 2.45) is 5.92 Å². The summed E-state index contributed by atoms with van der Waals surface area (Å²) in [6, 6.07) is 6.18. The fourth-order valence-corrected chi connectivity index (χ4v) is 2.40. The second kappa shape index (κ2) is 5.58. The van der Waals surface area contributed by atoms with Gasteiger partial charge in [-0.1, -0.05) is 0 Å². The van der Waals surface area contributed by atoms with Gasteiger partial charge in [0.25, 0.3) is 0 Å². The predicted octanol–water partition coefficient (Wildman–Crippen LogP) is 2.77. The van der Waals surface area contributed by atoms with Gasteiger partial charge in [0.15, 0.2) is 0 Å². The number of carbonyl (C=O) groups is 1. The van der Waals surface area contributed by atoms with Crippen molar-refractivity contribution >= 4 is 6.09 Å². The first-order valence-electron chi connectivity index (χ1n) is 6.88. The Morgan fingerprint density at radius 1 is 1.50 bits per heavy atom. The molecule has 2 rings (SSSR count). The molecule has 0 radical (unpaired) electrons. The number of nitrogens with zero attached hydrogens (tertiary/aromatic N) is 3. The summed E-state index contributed by atoms with van der Waals surface area (Å²) in [7, 11) is 0. The van der Waals surface area contributed by atoms with Crippen molar-refractivity contribution in [2.75, 3.05) is 6.54 Å². The Morgan fingerprint density at radius 2 is 2.25 bits per heavy atom. The van der Waals surface area contributed by atoms with E-state index in [9.17, 15) is 4.79 Å². The SMILES string of the molecule is CC(C)(C)OC(=O)N1Cc2cccn2CC(CC#N)C1. The van der Waals surface area contributed by atoms with Crippen molar-refractivity contribution in [2.45, 2.75) is 45.9 Å². The second-order valence-electron chi connectivity index (χ2n) is 6.24. The van der Waals surface area contributed by atoms with E-state index in [1.807, 2.05) is 39.1 Å². The smallest absolute Gasteiger partial charge is 0.410 e. The molecule has 1 aromatic heterocycles. The summed E-state index contributed by atoms with van der Waals surface area (Å²) in [5.41, 5.74) is 0.576. The molecule has 0 fully saturated rings. The van der Waals surface area contributed by atoms with Gasteiger partial charge in [0.2, 0.25) is 0 Å². The predicted molar refractivity (Wildman–Crippen MR) is 74.8 cm³/mol. The lowest BCUT2D eigenvalue weighted by Crippen LogP contribution is -2.38. The average Bonchev–Trinajstić information content (AvgIpc) is 2.66. The lowest BCUT2D eigenvalue weighted by molar-refractivity contribution is 0.0211. The topological polar surface area (TPSA) is 58.3 Å². The highest BCUT2D eigenvalue weighted by molar-refractivity contribution is 5.68. The van der Waals surface area contributed by atoms with Crippen LogP contribution in [0.15, 0.2) is 18.3 Å². The van der Waals surface area contributed by atoms with Crippen molar-refractivity contribution in [1.82, 2.24) is 9.47 Å². The maximum Gasteiger partial charge on any atom is 0.410 e. The third kappa shape index (κ3) is 3.53. The molecule has 1 aromatic rings. The zero-order chi connectivity index (χ0) is 14.8. The quantitative estimate of drug-likeness (QED) is 0.791. The third-order valence-electron chi connectivity index (χ3n) is 3.24. The van der Waals surface area contributed by atoms with Crippen LogP contribution in [0.2, 0.25) is 0 Å². The van der Waals surface area contributed by atoms with Crippen LogP contribution in [0.4, 0.5) is 4.79 Å². The molecule has 0 aromatic carbocycles. The molecule has 1 amide bonds. The van der Waals surface area contributed by atoms with Crippen LogP contribution < -0.4 is 0 Å². The van der Waals surface area contributed by atoms with Crippen molar-refractivity contribution in [3.63, 3.8) is 0 Å². The van der Waals surface area contributed by atoms with Gasteiger partial charge in [-0.2, -0.15) is 5.26 Å². The molecule has 0 spiro atoms. The Hall–Kier alpha value is -1.96. The minimum absolute atomic E-state index is 0.140. The number of amides is 1. The standard InChI is InChI=1S/C15H21N3O2/c1-15(2,3)20-14(19)18-10-12(6-7-16)9-17-8-4-5-13(17)11-18/h4-5,8,12H,6,9-11H2,1-3H3. The van der Waals surface area contributed by atoms with Crippen LogP contribution in [0.3, 0.4) is 0 Å². The Bertz CT molecular complexity index is 522. The number of hydrogen-bond donors (Lipinski definition) is 0. The van der Waals surface area contributed by atoms with E-state index in [0.29, 0.717) is 19.5 Å². The monoisotopic (exact) mass is 275 g/mol. The van der Waals surface area contributed by atoms with Crippen LogP contribution in [0.5, 0.6) is 0 Å². The Labute approximate surface area is 119 Å². The summed E-state index contributed by atoms with van der Waals surface area (Å²) < 4.78 is 7.56. The van der Waals surface area contributed by atoms with Crippen LogP contribution in [-0.4, -0.2) is 27.7 Å². The largest absolute Gasteiger partial charge is 0.444 e. The first-order valence-corrected chi connectivity index (χ1v) is 6.88. The van der Waals surface area contributed by atoms with Gasteiger partial charge in [0.05, 0.1) is 12.6 Å². The van der Waals surface area contributed by atoms with Gasteiger partial charge < -0.3 is 14.2 Å². The Balaban J connectivity index is 2.17. The number of fused-ring (bicyclic) bond motifs is 1. The van der Waals surface area contributed by atoms with Crippen molar-refractivity contribution in [3.8, 4) is 6.07 Å². The van der Waals surface area contributed by atoms with Gasteiger partial charge in [0, 0.05) is 37.3 Å². The number of aromatic nitrogens is 1. The van der Waals surface area contributed by atoms with E-state index in [1.165, 1.54) is 0 Å². The Morgan fingerprint density at radius 3 is 2.90 bits per heavy atom. The fraction of sp³-hybridized carbons (Fsp3) is 0.600. The molecule has 20 heavy (non-hydrogen) atoms. The van der Waals surface area contributed by atoms with Crippen molar-refractivity contribution < 1.29 is 9.53 Å². The summed E-state index contributed by atoms with van der Waals surface area (Å²) >= 11 is 0. The van der Waals surface area contributed by atoms with Crippen LogP contribution >= 0.6 is 0 Å². The molecular formula is C15H21N3O2. The molecule has 108 valence electrons. The fourth-order valence-electron chi connectivity index (χ4n) is 2.40. The Kier molecular flexibility index (Phi) is 4.03.